The molecule has 1 amide bonds. The molecule has 3 aromatic rings. The van der Waals surface area contributed by atoms with Gasteiger partial charge >= 0.3 is 5.63 Å². The summed E-state index contributed by atoms with van der Waals surface area (Å²) < 4.78 is 10.5. The van der Waals surface area contributed by atoms with Crippen LogP contribution in [0.3, 0.4) is 0 Å². The summed E-state index contributed by atoms with van der Waals surface area (Å²) in [6.45, 7) is 0.329. The molecule has 0 saturated carbocycles. The van der Waals surface area contributed by atoms with Gasteiger partial charge in [-0.15, -0.1) is 0 Å². The largest absolute Gasteiger partial charge is 0.478 e. The minimum Gasteiger partial charge on any atom is -0.478 e. The summed E-state index contributed by atoms with van der Waals surface area (Å²) >= 11 is 0. The highest BCUT2D eigenvalue weighted by Crippen LogP contribution is 2.25. The van der Waals surface area contributed by atoms with Gasteiger partial charge in [-0.25, -0.2) is 4.79 Å². The number of amides is 1. The molecular weight excluding hydrogens is 320 g/mol. The van der Waals surface area contributed by atoms with Gasteiger partial charge in [0.2, 0.25) is 5.88 Å². The Kier molecular flexibility index (Phi) is 3.47. The molecule has 6 nitrogen and oxygen atoms in total. The van der Waals surface area contributed by atoms with Gasteiger partial charge in [-0.3, -0.25) is 10.1 Å². The highest BCUT2D eigenvalue weighted by molar-refractivity contribution is 6.08. The molecule has 0 atom stereocenters. The van der Waals surface area contributed by atoms with E-state index in [0.717, 1.165) is 10.8 Å². The van der Waals surface area contributed by atoms with Crippen LogP contribution in [0.2, 0.25) is 0 Å². The van der Waals surface area contributed by atoms with Crippen LogP contribution in [0.25, 0.3) is 21.7 Å². The van der Waals surface area contributed by atoms with E-state index in [4.69, 9.17) is 14.4 Å². The average Bonchev–Trinajstić information content (AvgIpc) is 3.08. The van der Waals surface area contributed by atoms with E-state index >= 15 is 0 Å². The molecule has 1 aromatic heterocycles. The van der Waals surface area contributed by atoms with E-state index in [0.29, 0.717) is 29.6 Å². The van der Waals surface area contributed by atoms with Gasteiger partial charge in [0.05, 0.1) is 12.2 Å². The normalized spacial score (nSPS) is 13.7. The van der Waals surface area contributed by atoms with Crippen molar-refractivity contribution >= 4 is 27.6 Å². The first kappa shape index (κ1) is 15.0. The van der Waals surface area contributed by atoms with E-state index in [1.807, 2.05) is 36.4 Å². The molecule has 4 rings (SSSR count). The Bertz CT molecular complexity index is 1150. The van der Waals surface area contributed by atoms with Crippen molar-refractivity contribution in [2.45, 2.75) is 6.42 Å². The average molecular weight is 332 g/mol. The second-order valence-corrected chi connectivity index (χ2v) is 5.62. The van der Waals surface area contributed by atoms with Crippen molar-refractivity contribution in [3.8, 4) is 6.07 Å². The van der Waals surface area contributed by atoms with E-state index < -0.39 is 11.5 Å². The molecule has 1 aliphatic heterocycles. The summed E-state index contributed by atoms with van der Waals surface area (Å²) in [5.41, 5.74) is -0.111. The fourth-order valence-corrected chi connectivity index (χ4v) is 2.87. The molecule has 1 N–H and O–H groups in total. The summed E-state index contributed by atoms with van der Waals surface area (Å²) in [5, 5.41) is 14.0. The molecule has 2 aromatic carbocycles. The fourth-order valence-electron chi connectivity index (χ4n) is 2.87. The maximum Gasteiger partial charge on any atom is 0.349 e. The summed E-state index contributed by atoms with van der Waals surface area (Å²) in [4.78, 5) is 24.7. The second kappa shape index (κ2) is 5.80. The van der Waals surface area contributed by atoms with Crippen LogP contribution in [-0.2, 0) is 4.74 Å². The first-order chi connectivity index (χ1) is 12.2. The number of nitriles is 1. The number of rotatable bonds is 2. The van der Waals surface area contributed by atoms with E-state index in [2.05, 4.69) is 5.32 Å². The van der Waals surface area contributed by atoms with Crippen LogP contribution in [-0.4, -0.2) is 12.5 Å². The zero-order chi connectivity index (χ0) is 17.4. The maximum atomic E-state index is 12.5. The summed E-state index contributed by atoms with van der Waals surface area (Å²) in [6, 6.07) is 14.7. The molecule has 122 valence electrons. The number of carbonyl (C=O) groups is 1. The van der Waals surface area contributed by atoms with Gasteiger partial charge in [0, 0.05) is 11.8 Å². The smallest absolute Gasteiger partial charge is 0.349 e. The lowest BCUT2D eigenvalue weighted by molar-refractivity contribution is 0.0927. The minimum absolute atomic E-state index is 0.102. The number of hydrogen-bond donors (Lipinski definition) is 1. The molecule has 6 heteroatoms. The highest BCUT2D eigenvalue weighted by Gasteiger charge is 2.21. The molecule has 0 saturated heterocycles. The third-order valence-corrected chi connectivity index (χ3v) is 4.12. The quantitative estimate of drug-likeness (QED) is 0.575. The summed E-state index contributed by atoms with van der Waals surface area (Å²) in [5.74, 6) is -0.557. The lowest BCUT2D eigenvalue weighted by atomic mass is 10.0. The zero-order valence-electron chi connectivity index (χ0n) is 13.0. The SMILES string of the molecule is N#CC1=C(NC(=O)c2cc3c(ccc4ccccc43)oc2=O)OCC1. The molecule has 25 heavy (non-hydrogen) atoms. The Morgan fingerprint density at radius 1 is 1.16 bits per heavy atom. The second-order valence-electron chi connectivity index (χ2n) is 5.62. The van der Waals surface area contributed by atoms with E-state index in [-0.39, 0.29) is 11.4 Å². The molecule has 0 bridgehead atoms. The third kappa shape index (κ3) is 2.52. The van der Waals surface area contributed by atoms with Crippen molar-refractivity contribution in [3.05, 3.63) is 69.9 Å². The van der Waals surface area contributed by atoms with E-state index in [9.17, 15) is 9.59 Å². The van der Waals surface area contributed by atoms with Crippen LogP contribution in [0, 0.1) is 11.3 Å². The Morgan fingerprint density at radius 2 is 2.00 bits per heavy atom. The van der Waals surface area contributed by atoms with Crippen LogP contribution in [0.5, 0.6) is 0 Å². The predicted molar refractivity (Wildman–Crippen MR) is 90.7 cm³/mol. The first-order valence-corrected chi connectivity index (χ1v) is 7.70. The Balaban J connectivity index is 1.83. The van der Waals surface area contributed by atoms with Gasteiger partial charge < -0.3 is 9.15 Å². The summed E-state index contributed by atoms with van der Waals surface area (Å²) in [7, 11) is 0. The number of ether oxygens (including phenoxy) is 1. The molecular formula is C19H12N2O4. The maximum absolute atomic E-state index is 12.5. The van der Waals surface area contributed by atoms with Gasteiger partial charge in [0.15, 0.2) is 0 Å². The van der Waals surface area contributed by atoms with Crippen molar-refractivity contribution < 1.29 is 13.9 Å². The monoisotopic (exact) mass is 332 g/mol. The molecule has 1 aliphatic rings. The fraction of sp³-hybridized carbons (Fsp3) is 0.105. The molecule has 0 spiro atoms. The number of benzene rings is 2. The first-order valence-electron chi connectivity index (χ1n) is 7.70. The van der Waals surface area contributed by atoms with Crippen LogP contribution >= 0.6 is 0 Å². The van der Waals surface area contributed by atoms with E-state index in [1.54, 1.807) is 6.07 Å². The van der Waals surface area contributed by atoms with Crippen molar-refractivity contribution in [1.29, 1.82) is 5.26 Å². The van der Waals surface area contributed by atoms with Crippen LogP contribution < -0.4 is 10.9 Å². The molecule has 0 fully saturated rings. The standard InChI is InChI=1S/C19H12N2O4/c20-10-12-7-8-24-18(12)21-17(22)15-9-14-13-4-2-1-3-11(13)5-6-16(14)25-19(15)23/h1-6,9H,7-8H2,(H,21,22). The van der Waals surface area contributed by atoms with Crippen molar-refractivity contribution in [2.24, 2.45) is 0 Å². The summed E-state index contributed by atoms with van der Waals surface area (Å²) in [6.07, 6.45) is 0.434. The van der Waals surface area contributed by atoms with Crippen LogP contribution in [0.4, 0.5) is 0 Å². The Morgan fingerprint density at radius 3 is 2.84 bits per heavy atom. The zero-order valence-corrected chi connectivity index (χ0v) is 13.0. The molecule has 0 radical (unpaired) electrons. The molecule has 0 unspecified atom stereocenters. The van der Waals surface area contributed by atoms with Crippen LogP contribution in [0.15, 0.2) is 63.1 Å². The van der Waals surface area contributed by atoms with Crippen LogP contribution in [0.1, 0.15) is 16.8 Å². The number of fused-ring (bicyclic) bond motifs is 3. The number of hydrogen-bond acceptors (Lipinski definition) is 5. The van der Waals surface area contributed by atoms with E-state index in [1.165, 1.54) is 6.07 Å². The number of nitrogens with one attached hydrogen (secondary N) is 1. The minimum atomic E-state index is -0.739. The topological polar surface area (TPSA) is 92.3 Å². The lowest BCUT2D eigenvalue weighted by Crippen LogP contribution is -2.28. The molecule has 0 aliphatic carbocycles. The van der Waals surface area contributed by atoms with Gasteiger partial charge in [-0.2, -0.15) is 5.26 Å². The number of nitrogens with zero attached hydrogens (tertiary/aromatic N) is 1. The predicted octanol–water partition coefficient (Wildman–Crippen LogP) is 2.83. The van der Waals surface area contributed by atoms with Gasteiger partial charge in [-0.1, -0.05) is 30.3 Å². The van der Waals surface area contributed by atoms with Crippen molar-refractivity contribution in [3.63, 3.8) is 0 Å². The number of carbonyl (C=O) groups excluding carboxylic acids is 1. The Labute approximate surface area is 141 Å². The Hall–Kier alpha value is -3.59. The van der Waals surface area contributed by atoms with Gasteiger partial charge in [-0.05, 0) is 22.9 Å². The van der Waals surface area contributed by atoms with Crippen molar-refractivity contribution in [1.82, 2.24) is 5.32 Å². The van der Waals surface area contributed by atoms with Gasteiger partial charge in [0.25, 0.3) is 5.91 Å². The van der Waals surface area contributed by atoms with Gasteiger partial charge in [0.1, 0.15) is 17.2 Å². The van der Waals surface area contributed by atoms with Crippen molar-refractivity contribution in [2.75, 3.05) is 6.61 Å². The molecule has 2 heterocycles. The lowest BCUT2D eigenvalue weighted by Gasteiger charge is -2.07. The third-order valence-electron chi connectivity index (χ3n) is 4.12. The highest BCUT2D eigenvalue weighted by atomic mass is 16.5.